The van der Waals surface area contributed by atoms with E-state index >= 15 is 0 Å². The molecule has 0 bridgehead atoms. The second kappa shape index (κ2) is 5.96. The SMILES string of the molecule is CCOC1(C(=O)N2CCC[C@@](O)(c3cn[nH]n3)C2)CCCC1. The van der Waals surface area contributed by atoms with Gasteiger partial charge in [0, 0.05) is 13.2 Å². The Morgan fingerprint density at radius 3 is 2.82 bits per heavy atom. The van der Waals surface area contributed by atoms with Gasteiger partial charge in [0.15, 0.2) is 0 Å². The molecule has 7 heteroatoms. The lowest BCUT2D eigenvalue weighted by molar-refractivity contribution is -0.164. The molecule has 22 heavy (non-hydrogen) atoms. The molecule has 1 amide bonds. The number of carbonyl (C=O) groups is 1. The molecule has 0 unspecified atom stereocenters. The van der Waals surface area contributed by atoms with Crippen molar-refractivity contribution in [1.82, 2.24) is 20.3 Å². The van der Waals surface area contributed by atoms with Crippen molar-refractivity contribution < 1.29 is 14.6 Å². The van der Waals surface area contributed by atoms with E-state index in [1.165, 1.54) is 6.20 Å². The minimum Gasteiger partial charge on any atom is -0.382 e. The average Bonchev–Trinajstić information content (AvgIpc) is 3.19. The molecule has 1 saturated heterocycles. The average molecular weight is 308 g/mol. The van der Waals surface area contributed by atoms with Gasteiger partial charge in [0.1, 0.15) is 16.9 Å². The van der Waals surface area contributed by atoms with Crippen LogP contribution in [0.1, 0.15) is 51.1 Å². The van der Waals surface area contributed by atoms with Crippen molar-refractivity contribution in [3.05, 3.63) is 11.9 Å². The highest BCUT2D eigenvalue weighted by atomic mass is 16.5. The Morgan fingerprint density at radius 2 is 2.18 bits per heavy atom. The number of carbonyl (C=O) groups excluding carboxylic acids is 1. The zero-order chi connectivity index (χ0) is 15.6. The Kier molecular flexibility index (Phi) is 4.18. The Morgan fingerprint density at radius 1 is 1.41 bits per heavy atom. The summed E-state index contributed by atoms with van der Waals surface area (Å²) >= 11 is 0. The topological polar surface area (TPSA) is 91.3 Å². The van der Waals surface area contributed by atoms with Crippen molar-refractivity contribution in [2.24, 2.45) is 0 Å². The summed E-state index contributed by atoms with van der Waals surface area (Å²) in [7, 11) is 0. The van der Waals surface area contributed by atoms with Gasteiger partial charge in [-0.2, -0.15) is 15.4 Å². The Labute approximate surface area is 130 Å². The molecule has 2 N–H and O–H groups in total. The van der Waals surface area contributed by atoms with Crippen LogP contribution >= 0.6 is 0 Å². The number of amides is 1. The summed E-state index contributed by atoms with van der Waals surface area (Å²) in [6.45, 7) is 3.38. The molecule has 0 spiro atoms. The molecule has 2 aliphatic rings. The van der Waals surface area contributed by atoms with Crippen LogP contribution in [0.15, 0.2) is 6.20 Å². The summed E-state index contributed by atoms with van der Waals surface area (Å²) in [6.07, 6.45) is 6.46. The van der Waals surface area contributed by atoms with Crippen molar-refractivity contribution in [3.8, 4) is 0 Å². The first kappa shape index (κ1) is 15.4. The van der Waals surface area contributed by atoms with Gasteiger partial charge in [-0.15, -0.1) is 0 Å². The van der Waals surface area contributed by atoms with Gasteiger partial charge in [-0.3, -0.25) is 4.79 Å². The third-order valence-corrected chi connectivity index (χ3v) is 4.87. The van der Waals surface area contributed by atoms with Crippen LogP contribution in [-0.2, 0) is 15.1 Å². The van der Waals surface area contributed by atoms with Crippen LogP contribution in [0.5, 0.6) is 0 Å². The van der Waals surface area contributed by atoms with E-state index in [4.69, 9.17) is 4.74 Å². The van der Waals surface area contributed by atoms with E-state index < -0.39 is 11.2 Å². The number of nitrogens with one attached hydrogen (secondary N) is 1. The number of aromatic nitrogens is 3. The first-order valence-corrected chi connectivity index (χ1v) is 8.12. The van der Waals surface area contributed by atoms with Crippen LogP contribution in [-0.4, -0.2) is 56.6 Å². The molecular formula is C15H24N4O3. The van der Waals surface area contributed by atoms with Crippen LogP contribution in [0.2, 0.25) is 0 Å². The predicted molar refractivity (Wildman–Crippen MR) is 78.9 cm³/mol. The maximum absolute atomic E-state index is 13.0. The number of likely N-dealkylation sites (tertiary alicyclic amines) is 1. The number of H-pyrrole nitrogens is 1. The first-order chi connectivity index (χ1) is 10.6. The molecule has 0 aromatic carbocycles. The zero-order valence-electron chi connectivity index (χ0n) is 13.0. The van der Waals surface area contributed by atoms with Gasteiger partial charge in [0.05, 0.1) is 12.7 Å². The van der Waals surface area contributed by atoms with Crippen LogP contribution in [0.4, 0.5) is 0 Å². The molecule has 122 valence electrons. The van der Waals surface area contributed by atoms with E-state index in [0.717, 1.165) is 32.1 Å². The van der Waals surface area contributed by atoms with Gasteiger partial charge in [0.2, 0.25) is 0 Å². The minimum absolute atomic E-state index is 0.0217. The molecular weight excluding hydrogens is 284 g/mol. The van der Waals surface area contributed by atoms with E-state index in [1.54, 1.807) is 4.90 Å². The number of aromatic amines is 1. The lowest BCUT2D eigenvalue weighted by Crippen LogP contribution is -2.56. The van der Waals surface area contributed by atoms with E-state index in [2.05, 4.69) is 15.4 Å². The van der Waals surface area contributed by atoms with Gasteiger partial charge in [-0.05, 0) is 45.4 Å². The molecule has 1 aromatic heterocycles. The van der Waals surface area contributed by atoms with Gasteiger partial charge in [-0.25, -0.2) is 0 Å². The maximum Gasteiger partial charge on any atom is 0.254 e. The molecule has 0 radical (unpaired) electrons. The number of nitrogens with zero attached hydrogens (tertiary/aromatic N) is 3. The fraction of sp³-hybridized carbons (Fsp3) is 0.800. The number of ether oxygens (including phenoxy) is 1. The fourth-order valence-electron chi connectivity index (χ4n) is 3.77. The minimum atomic E-state index is -1.12. The summed E-state index contributed by atoms with van der Waals surface area (Å²) in [4.78, 5) is 14.8. The predicted octanol–water partition coefficient (Wildman–Crippen LogP) is 0.964. The van der Waals surface area contributed by atoms with Gasteiger partial charge in [-0.1, -0.05) is 0 Å². The lowest BCUT2D eigenvalue weighted by Gasteiger charge is -2.41. The van der Waals surface area contributed by atoms with Crippen LogP contribution in [0.25, 0.3) is 0 Å². The van der Waals surface area contributed by atoms with Gasteiger partial charge < -0.3 is 14.7 Å². The molecule has 2 heterocycles. The number of hydrogen-bond donors (Lipinski definition) is 2. The quantitative estimate of drug-likeness (QED) is 0.864. The molecule has 2 fully saturated rings. The molecule has 1 aliphatic carbocycles. The highest BCUT2D eigenvalue weighted by Gasteiger charge is 2.47. The summed E-state index contributed by atoms with van der Waals surface area (Å²) < 4.78 is 5.86. The molecule has 3 rings (SSSR count). The van der Waals surface area contributed by atoms with E-state index in [0.29, 0.717) is 25.3 Å². The van der Waals surface area contributed by atoms with Crippen LogP contribution in [0.3, 0.4) is 0 Å². The molecule has 1 atom stereocenters. The normalized spacial score (nSPS) is 28.0. The Balaban J connectivity index is 1.78. The Bertz CT molecular complexity index is 513. The van der Waals surface area contributed by atoms with Crippen molar-refractivity contribution in [2.75, 3.05) is 19.7 Å². The number of piperidine rings is 1. The number of rotatable bonds is 4. The zero-order valence-corrected chi connectivity index (χ0v) is 13.0. The third kappa shape index (κ3) is 2.63. The van der Waals surface area contributed by atoms with Gasteiger partial charge >= 0.3 is 0 Å². The summed E-state index contributed by atoms with van der Waals surface area (Å²) in [5, 5.41) is 21.2. The number of hydrogen-bond acceptors (Lipinski definition) is 5. The summed E-state index contributed by atoms with van der Waals surface area (Å²) in [5.74, 6) is 0.0217. The van der Waals surface area contributed by atoms with Crippen LogP contribution < -0.4 is 0 Å². The van der Waals surface area contributed by atoms with Crippen molar-refractivity contribution in [3.63, 3.8) is 0 Å². The van der Waals surface area contributed by atoms with Gasteiger partial charge in [0.25, 0.3) is 5.91 Å². The highest BCUT2D eigenvalue weighted by molar-refractivity contribution is 5.86. The molecule has 1 aromatic rings. The van der Waals surface area contributed by atoms with Crippen molar-refractivity contribution in [2.45, 2.75) is 56.7 Å². The second-order valence-electron chi connectivity index (χ2n) is 6.35. The monoisotopic (exact) mass is 308 g/mol. The largest absolute Gasteiger partial charge is 0.382 e. The molecule has 1 saturated carbocycles. The molecule has 1 aliphatic heterocycles. The lowest BCUT2D eigenvalue weighted by atomic mass is 9.88. The standard InChI is InChI=1S/C15H24N4O3/c1-2-22-15(7-3-4-8-15)13(20)19-9-5-6-14(21,11-19)12-10-16-18-17-12/h10,21H,2-9,11H2,1H3,(H,16,17,18)/t14-/m0/s1. The van der Waals surface area contributed by atoms with E-state index in [-0.39, 0.29) is 12.5 Å². The smallest absolute Gasteiger partial charge is 0.254 e. The van der Waals surface area contributed by atoms with E-state index in [9.17, 15) is 9.90 Å². The van der Waals surface area contributed by atoms with Crippen molar-refractivity contribution >= 4 is 5.91 Å². The maximum atomic E-state index is 13.0. The Hall–Kier alpha value is -1.47. The van der Waals surface area contributed by atoms with E-state index in [1.807, 2.05) is 6.92 Å². The van der Waals surface area contributed by atoms with Crippen molar-refractivity contribution in [1.29, 1.82) is 0 Å². The third-order valence-electron chi connectivity index (χ3n) is 4.87. The van der Waals surface area contributed by atoms with Crippen LogP contribution in [0, 0.1) is 0 Å². The fourth-order valence-corrected chi connectivity index (χ4v) is 3.77. The summed E-state index contributed by atoms with van der Waals surface area (Å²) in [6, 6.07) is 0. The first-order valence-electron chi connectivity index (χ1n) is 8.12. The highest BCUT2D eigenvalue weighted by Crippen LogP contribution is 2.37. The second-order valence-corrected chi connectivity index (χ2v) is 6.35. The number of β-amino-alcohol motifs (C(OH)–C–C–N with tert-alkyl or cyclic N) is 1. The molecule has 7 nitrogen and oxygen atoms in total. The number of aliphatic hydroxyl groups is 1. The summed E-state index contributed by atoms with van der Waals surface area (Å²) in [5.41, 5.74) is -1.30.